The average Bonchev–Trinajstić information content (AvgIpc) is 2.25. The van der Waals surface area contributed by atoms with Gasteiger partial charge < -0.3 is 5.11 Å². The number of benzene rings is 1. The maximum atomic E-state index is 9.67. The fourth-order valence-corrected chi connectivity index (χ4v) is 3.03. The van der Waals surface area contributed by atoms with Gasteiger partial charge in [0.1, 0.15) is 5.75 Å². The Bertz CT molecular complexity index is 357. The van der Waals surface area contributed by atoms with Crippen molar-refractivity contribution in [2.45, 2.75) is 39.8 Å². The highest BCUT2D eigenvalue weighted by Crippen LogP contribution is 2.33. The van der Waals surface area contributed by atoms with Gasteiger partial charge in [0.25, 0.3) is 0 Å². The first-order valence-electron chi connectivity index (χ1n) is 5.86. The molecule has 2 nitrogen and oxygen atoms in total. The number of phenols is 1. The molecule has 0 amide bonds. The lowest BCUT2D eigenvalue weighted by atomic mass is 10.1. The molecule has 17 heavy (non-hydrogen) atoms. The van der Waals surface area contributed by atoms with Crippen LogP contribution in [-0.4, -0.2) is 22.6 Å². The average molecular weight is 365 g/mol. The molecular formula is C13H19Br2NO. The first-order valence-corrected chi connectivity index (χ1v) is 7.45. The lowest BCUT2D eigenvalue weighted by molar-refractivity contribution is 0.213. The maximum absolute atomic E-state index is 9.67. The maximum Gasteiger partial charge on any atom is 0.143 e. The highest BCUT2D eigenvalue weighted by Gasteiger charge is 2.11. The van der Waals surface area contributed by atoms with Crippen molar-refractivity contribution >= 4 is 31.9 Å². The molecule has 1 N–H and O–H groups in total. The summed E-state index contributed by atoms with van der Waals surface area (Å²) in [6, 6.07) is 4.48. The highest BCUT2D eigenvalue weighted by molar-refractivity contribution is 9.11. The molecule has 1 aromatic rings. The fourth-order valence-electron chi connectivity index (χ4n) is 1.75. The number of nitrogens with zero attached hydrogens (tertiary/aromatic N) is 1. The SMILES string of the molecule is CCCN(Cc1cc(Br)c(O)c(Br)c1)C(C)C. The number of halogens is 2. The smallest absolute Gasteiger partial charge is 0.143 e. The van der Waals surface area contributed by atoms with E-state index in [0.717, 1.165) is 28.5 Å². The number of aromatic hydroxyl groups is 1. The van der Waals surface area contributed by atoms with E-state index in [1.807, 2.05) is 12.1 Å². The van der Waals surface area contributed by atoms with Crippen molar-refractivity contribution in [3.63, 3.8) is 0 Å². The molecule has 0 heterocycles. The first-order chi connectivity index (χ1) is 7.95. The number of hydrogen-bond acceptors (Lipinski definition) is 2. The fraction of sp³-hybridized carbons (Fsp3) is 0.538. The van der Waals surface area contributed by atoms with Crippen LogP contribution in [-0.2, 0) is 6.54 Å². The predicted molar refractivity (Wildman–Crippen MR) is 79.3 cm³/mol. The predicted octanol–water partition coefficient (Wildman–Crippen LogP) is 4.54. The number of phenolic OH excluding ortho intramolecular Hbond substituents is 1. The van der Waals surface area contributed by atoms with Gasteiger partial charge in [-0.05, 0) is 76.4 Å². The summed E-state index contributed by atoms with van der Waals surface area (Å²) in [4.78, 5) is 2.42. The molecule has 0 radical (unpaired) electrons. The van der Waals surface area contributed by atoms with Crippen LogP contribution in [0.5, 0.6) is 5.75 Å². The van der Waals surface area contributed by atoms with E-state index < -0.39 is 0 Å². The standard InChI is InChI=1S/C13H19Br2NO/c1-4-5-16(9(2)3)8-10-6-11(14)13(17)12(15)7-10/h6-7,9,17H,4-5,8H2,1-3H3. The van der Waals surface area contributed by atoms with Crippen LogP contribution < -0.4 is 0 Å². The van der Waals surface area contributed by atoms with Crippen molar-refractivity contribution in [3.05, 3.63) is 26.6 Å². The second-order valence-electron chi connectivity index (χ2n) is 4.47. The summed E-state index contributed by atoms with van der Waals surface area (Å²) in [6.07, 6.45) is 1.15. The third kappa shape index (κ3) is 4.27. The summed E-state index contributed by atoms with van der Waals surface area (Å²) >= 11 is 6.73. The summed E-state index contributed by atoms with van der Waals surface area (Å²) in [7, 11) is 0. The molecular weight excluding hydrogens is 346 g/mol. The Balaban J connectivity index is 2.86. The van der Waals surface area contributed by atoms with Crippen LogP contribution in [0.25, 0.3) is 0 Å². The molecule has 0 bridgehead atoms. The minimum absolute atomic E-state index is 0.264. The zero-order valence-electron chi connectivity index (χ0n) is 10.5. The lowest BCUT2D eigenvalue weighted by Gasteiger charge is -2.26. The van der Waals surface area contributed by atoms with E-state index >= 15 is 0 Å². The third-order valence-corrected chi connectivity index (χ3v) is 3.91. The van der Waals surface area contributed by atoms with E-state index in [9.17, 15) is 5.11 Å². The molecule has 0 aliphatic rings. The zero-order chi connectivity index (χ0) is 13.0. The summed E-state index contributed by atoms with van der Waals surface area (Å²) in [6.45, 7) is 8.61. The molecule has 0 saturated carbocycles. The molecule has 1 aromatic carbocycles. The van der Waals surface area contributed by atoms with Crippen molar-refractivity contribution in [1.82, 2.24) is 4.90 Å². The van der Waals surface area contributed by atoms with Gasteiger partial charge in [-0.3, -0.25) is 4.90 Å². The van der Waals surface area contributed by atoms with Crippen LogP contribution in [0.1, 0.15) is 32.8 Å². The Morgan fingerprint density at radius 1 is 1.24 bits per heavy atom. The number of hydrogen-bond donors (Lipinski definition) is 1. The third-order valence-electron chi connectivity index (χ3n) is 2.70. The molecule has 0 unspecified atom stereocenters. The Morgan fingerprint density at radius 3 is 2.18 bits per heavy atom. The second kappa shape index (κ2) is 6.76. The molecule has 96 valence electrons. The number of rotatable bonds is 5. The van der Waals surface area contributed by atoms with Crippen LogP contribution in [0.2, 0.25) is 0 Å². The van der Waals surface area contributed by atoms with E-state index in [-0.39, 0.29) is 5.75 Å². The first kappa shape index (κ1) is 15.0. The van der Waals surface area contributed by atoms with Gasteiger partial charge in [0.2, 0.25) is 0 Å². The highest BCUT2D eigenvalue weighted by atomic mass is 79.9. The minimum Gasteiger partial charge on any atom is -0.506 e. The van der Waals surface area contributed by atoms with Gasteiger partial charge in [-0.1, -0.05) is 6.92 Å². The van der Waals surface area contributed by atoms with Crippen LogP contribution in [0.15, 0.2) is 21.1 Å². The zero-order valence-corrected chi connectivity index (χ0v) is 13.7. The van der Waals surface area contributed by atoms with Crippen molar-refractivity contribution in [2.24, 2.45) is 0 Å². The van der Waals surface area contributed by atoms with Crippen LogP contribution in [0.3, 0.4) is 0 Å². The monoisotopic (exact) mass is 363 g/mol. The summed E-state index contributed by atoms with van der Waals surface area (Å²) < 4.78 is 1.48. The Kier molecular flexibility index (Phi) is 5.97. The second-order valence-corrected chi connectivity index (χ2v) is 6.18. The molecule has 0 aromatic heterocycles. The normalized spacial score (nSPS) is 11.5. The molecule has 4 heteroatoms. The minimum atomic E-state index is 0.264. The van der Waals surface area contributed by atoms with Gasteiger partial charge in [0, 0.05) is 12.6 Å². The molecule has 0 fully saturated rings. The van der Waals surface area contributed by atoms with Gasteiger partial charge in [-0.25, -0.2) is 0 Å². The van der Waals surface area contributed by atoms with Gasteiger partial charge >= 0.3 is 0 Å². The molecule has 0 atom stereocenters. The molecule has 1 rings (SSSR count). The van der Waals surface area contributed by atoms with E-state index in [1.165, 1.54) is 5.56 Å². The summed E-state index contributed by atoms with van der Waals surface area (Å²) in [5.41, 5.74) is 1.20. The molecule has 0 aliphatic heterocycles. The Labute approximate surface area is 120 Å². The van der Waals surface area contributed by atoms with Crippen LogP contribution in [0, 0.1) is 0 Å². The van der Waals surface area contributed by atoms with Crippen molar-refractivity contribution in [1.29, 1.82) is 0 Å². The topological polar surface area (TPSA) is 23.5 Å². The van der Waals surface area contributed by atoms with Gasteiger partial charge in [-0.15, -0.1) is 0 Å². The molecule has 0 saturated heterocycles. The molecule has 0 aliphatic carbocycles. The Morgan fingerprint density at radius 2 is 1.76 bits per heavy atom. The van der Waals surface area contributed by atoms with E-state index in [1.54, 1.807) is 0 Å². The molecule has 0 spiro atoms. The van der Waals surface area contributed by atoms with Crippen LogP contribution >= 0.6 is 31.9 Å². The van der Waals surface area contributed by atoms with Crippen molar-refractivity contribution < 1.29 is 5.11 Å². The van der Waals surface area contributed by atoms with Gasteiger partial charge in [0.15, 0.2) is 0 Å². The van der Waals surface area contributed by atoms with Crippen molar-refractivity contribution in [3.8, 4) is 5.75 Å². The summed E-state index contributed by atoms with van der Waals surface area (Å²) in [5, 5.41) is 9.67. The van der Waals surface area contributed by atoms with E-state index in [0.29, 0.717) is 6.04 Å². The quantitative estimate of drug-likeness (QED) is 0.829. The van der Waals surface area contributed by atoms with E-state index in [4.69, 9.17) is 0 Å². The Hall–Kier alpha value is -0.0600. The van der Waals surface area contributed by atoms with Crippen LogP contribution in [0.4, 0.5) is 0 Å². The lowest BCUT2D eigenvalue weighted by Crippen LogP contribution is -2.31. The van der Waals surface area contributed by atoms with E-state index in [2.05, 4.69) is 57.5 Å². The van der Waals surface area contributed by atoms with Gasteiger partial charge in [-0.2, -0.15) is 0 Å². The summed E-state index contributed by atoms with van der Waals surface area (Å²) in [5.74, 6) is 0.264. The largest absolute Gasteiger partial charge is 0.506 e. The van der Waals surface area contributed by atoms with Gasteiger partial charge in [0.05, 0.1) is 8.95 Å². The van der Waals surface area contributed by atoms with Crippen molar-refractivity contribution in [2.75, 3.05) is 6.54 Å².